The number of hydrazone groups is 1. The molecule has 11 heteroatoms. The predicted molar refractivity (Wildman–Crippen MR) is 93.5 cm³/mol. The number of hydrogen-bond acceptors (Lipinski definition) is 7. The molecule has 2 aromatic carbocycles. The molecule has 0 saturated heterocycles. The molecule has 3 rings (SSSR count). The predicted octanol–water partition coefficient (Wildman–Crippen LogP) is 4.56. The standard InChI is InChI=1S/C16H8F3N5O2S/c17-16(18,19)10-7-9(5-6-13(10)24(25)26)22-23-12(8-20)15-21-11-3-1-2-4-14(11)27-15/h1-7,22H. The van der Waals surface area contributed by atoms with E-state index in [4.69, 9.17) is 0 Å². The summed E-state index contributed by atoms with van der Waals surface area (Å²) in [5.74, 6) is 0. The molecule has 0 fully saturated rings. The van der Waals surface area contributed by atoms with E-state index in [1.807, 2.05) is 12.1 Å². The van der Waals surface area contributed by atoms with E-state index >= 15 is 0 Å². The average molecular weight is 391 g/mol. The Hall–Kier alpha value is -3.52. The van der Waals surface area contributed by atoms with Crippen LogP contribution in [-0.4, -0.2) is 15.6 Å². The zero-order chi connectivity index (χ0) is 19.6. The number of para-hydroxylation sites is 1. The topological polar surface area (TPSA) is 104 Å². The first kappa shape index (κ1) is 18.3. The summed E-state index contributed by atoms with van der Waals surface area (Å²) in [7, 11) is 0. The van der Waals surface area contributed by atoms with Crippen LogP contribution in [-0.2, 0) is 6.18 Å². The molecule has 27 heavy (non-hydrogen) atoms. The number of alkyl halides is 3. The lowest BCUT2D eigenvalue weighted by Gasteiger charge is -2.09. The highest BCUT2D eigenvalue weighted by Crippen LogP contribution is 2.37. The molecule has 3 aromatic rings. The number of rotatable bonds is 4. The number of hydrogen-bond donors (Lipinski definition) is 1. The minimum Gasteiger partial charge on any atom is -0.277 e. The van der Waals surface area contributed by atoms with Crippen LogP contribution in [0.25, 0.3) is 10.2 Å². The number of nitro groups is 1. The van der Waals surface area contributed by atoms with E-state index in [9.17, 15) is 28.5 Å². The van der Waals surface area contributed by atoms with E-state index in [0.717, 1.165) is 16.8 Å². The maximum absolute atomic E-state index is 13.0. The molecule has 136 valence electrons. The molecule has 0 radical (unpaired) electrons. The van der Waals surface area contributed by atoms with Crippen molar-refractivity contribution in [1.82, 2.24) is 4.98 Å². The minimum absolute atomic E-state index is 0.122. The second kappa shape index (κ2) is 7.00. The number of halogens is 3. The van der Waals surface area contributed by atoms with E-state index in [0.29, 0.717) is 16.6 Å². The molecular formula is C16H8F3N5O2S. The van der Waals surface area contributed by atoms with Gasteiger partial charge in [0.15, 0.2) is 10.7 Å². The van der Waals surface area contributed by atoms with E-state index in [1.165, 1.54) is 11.3 Å². The van der Waals surface area contributed by atoms with Gasteiger partial charge in [-0.2, -0.15) is 23.5 Å². The van der Waals surface area contributed by atoms with Crippen LogP contribution in [0.3, 0.4) is 0 Å². The Bertz CT molecular complexity index is 1070. The first-order chi connectivity index (χ1) is 12.8. The largest absolute Gasteiger partial charge is 0.423 e. The van der Waals surface area contributed by atoms with E-state index < -0.39 is 22.4 Å². The van der Waals surface area contributed by atoms with Crippen molar-refractivity contribution >= 4 is 38.6 Å². The van der Waals surface area contributed by atoms with E-state index in [2.05, 4.69) is 15.5 Å². The van der Waals surface area contributed by atoms with Crippen LogP contribution < -0.4 is 5.43 Å². The van der Waals surface area contributed by atoms with Crippen molar-refractivity contribution in [2.75, 3.05) is 5.43 Å². The zero-order valence-corrected chi connectivity index (χ0v) is 14.0. The highest BCUT2D eigenvalue weighted by molar-refractivity contribution is 7.20. The highest BCUT2D eigenvalue weighted by Gasteiger charge is 2.38. The molecule has 0 amide bonds. The molecule has 0 saturated carbocycles. The van der Waals surface area contributed by atoms with Crippen molar-refractivity contribution in [3.05, 3.63) is 63.1 Å². The maximum Gasteiger partial charge on any atom is 0.423 e. The summed E-state index contributed by atoms with van der Waals surface area (Å²) in [6.07, 6.45) is -4.91. The second-order valence-corrected chi connectivity index (χ2v) is 6.19. The fourth-order valence-electron chi connectivity index (χ4n) is 2.21. The third-order valence-electron chi connectivity index (χ3n) is 3.40. The molecule has 0 spiro atoms. The normalized spacial score (nSPS) is 12.0. The number of nitro benzene ring substituents is 1. The van der Waals surface area contributed by atoms with E-state index in [1.54, 1.807) is 18.2 Å². The van der Waals surface area contributed by atoms with Gasteiger partial charge in [-0.15, -0.1) is 11.3 Å². The molecule has 1 heterocycles. The number of benzene rings is 2. The molecule has 0 bridgehead atoms. The van der Waals surface area contributed by atoms with E-state index in [-0.39, 0.29) is 11.4 Å². The van der Waals surface area contributed by atoms with Gasteiger partial charge in [-0.05, 0) is 24.3 Å². The minimum atomic E-state index is -4.91. The van der Waals surface area contributed by atoms with Gasteiger partial charge in [0.05, 0.1) is 20.8 Å². The Labute approximate surface area is 153 Å². The molecule has 1 N–H and O–H groups in total. The first-order valence-electron chi connectivity index (χ1n) is 7.25. The summed E-state index contributed by atoms with van der Waals surface area (Å²) in [6.45, 7) is 0. The second-order valence-electron chi connectivity index (χ2n) is 5.16. The first-order valence-corrected chi connectivity index (χ1v) is 8.06. The van der Waals surface area contributed by atoms with Crippen LogP contribution in [0.5, 0.6) is 0 Å². The van der Waals surface area contributed by atoms with Gasteiger partial charge < -0.3 is 0 Å². The van der Waals surface area contributed by atoms with Crippen LogP contribution in [0.15, 0.2) is 47.6 Å². The summed E-state index contributed by atoms with van der Waals surface area (Å²) >= 11 is 1.21. The molecule has 1 aromatic heterocycles. The van der Waals surface area contributed by atoms with Gasteiger partial charge >= 0.3 is 6.18 Å². The molecule has 0 aliphatic rings. The monoisotopic (exact) mass is 391 g/mol. The van der Waals surface area contributed by atoms with Crippen LogP contribution in [0.4, 0.5) is 24.5 Å². The average Bonchev–Trinajstić information content (AvgIpc) is 3.05. The maximum atomic E-state index is 13.0. The van der Waals surface area contributed by atoms with Crippen molar-refractivity contribution in [2.45, 2.75) is 6.18 Å². The number of nitriles is 1. The molecule has 0 unspecified atom stereocenters. The molecule has 7 nitrogen and oxygen atoms in total. The summed E-state index contributed by atoms with van der Waals surface area (Å²) < 4.78 is 39.8. The Morgan fingerprint density at radius 3 is 2.67 bits per heavy atom. The van der Waals surface area contributed by atoms with Gasteiger partial charge in [0.2, 0.25) is 0 Å². The summed E-state index contributed by atoms with van der Waals surface area (Å²) in [6, 6.07) is 11.3. The summed E-state index contributed by atoms with van der Waals surface area (Å²) in [5.41, 5.74) is 0.239. The Morgan fingerprint density at radius 2 is 2.04 bits per heavy atom. The van der Waals surface area contributed by atoms with Gasteiger partial charge in [0.25, 0.3) is 5.69 Å². The third kappa shape index (κ3) is 3.85. The number of anilines is 1. The number of fused-ring (bicyclic) bond motifs is 1. The zero-order valence-electron chi connectivity index (χ0n) is 13.2. The Balaban J connectivity index is 1.94. The van der Waals surface area contributed by atoms with Crippen LogP contribution in [0.2, 0.25) is 0 Å². The van der Waals surface area contributed by atoms with Gasteiger partial charge in [0, 0.05) is 6.07 Å². The molecular weight excluding hydrogens is 383 g/mol. The fourth-order valence-corrected chi connectivity index (χ4v) is 3.11. The quantitative estimate of drug-likeness (QED) is 0.399. The Kier molecular flexibility index (Phi) is 4.74. The van der Waals surface area contributed by atoms with Crippen LogP contribution >= 0.6 is 11.3 Å². The SMILES string of the molecule is N#CC(=NNc1ccc([N+](=O)[O-])c(C(F)(F)F)c1)c1nc2ccccc2s1. The fraction of sp³-hybridized carbons (Fsp3) is 0.0625. The molecule has 0 aliphatic heterocycles. The van der Waals surface area contributed by atoms with Crippen molar-refractivity contribution < 1.29 is 18.1 Å². The number of nitrogens with zero attached hydrogens (tertiary/aromatic N) is 4. The summed E-state index contributed by atoms with van der Waals surface area (Å²) in [5, 5.41) is 24.1. The smallest absolute Gasteiger partial charge is 0.277 e. The van der Waals surface area contributed by atoms with Gasteiger partial charge in [-0.3, -0.25) is 15.5 Å². The number of aromatic nitrogens is 1. The molecule has 0 atom stereocenters. The van der Waals surface area contributed by atoms with Crippen molar-refractivity contribution in [3.63, 3.8) is 0 Å². The van der Waals surface area contributed by atoms with Gasteiger partial charge in [-0.25, -0.2) is 4.98 Å². The molecule has 0 aliphatic carbocycles. The lowest BCUT2D eigenvalue weighted by atomic mass is 10.1. The van der Waals surface area contributed by atoms with Crippen molar-refractivity contribution in [1.29, 1.82) is 5.26 Å². The number of thiazole rings is 1. The van der Waals surface area contributed by atoms with Gasteiger partial charge in [-0.1, -0.05) is 12.1 Å². The Morgan fingerprint density at radius 1 is 1.30 bits per heavy atom. The van der Waals surface area contributed by atoms with Crippen LogP contribution in [0.1, 0.15) is 10.6 Å². The lowest BCUT2D eigenvalue weighted by Crippen LogP contribution is -2.10. The van der Waals surface area contributed by atoms with Crippen molar-refractivity contribution in [2.24, 2.45) is 5.10 Å². The number of nitrogens with one attached hydrogen (secondary N) is 1. The lowest BCUT2D eigenvalue weighted by molar-refractivity contribution is -0.388. The van der Waals surface area contributed by atoms with Gasteiger partial charge in [0.1, 0.15) is 11.6 Å². The third-order valence-corrected chi connectivity index (χ3v) is 4.44. The van der Waals surface area contributed by atoms with Crippen LogP contribution in [0, 0.1) is 21.4 Å². The highest BCUT2D eigenvalue weighted by atomic mass is 32.1. The van der Waals surface area contributed by atoms with Crippen molar-refractivity contribution in [3.8, 4) is 6.07 Å². The summed E-state index contributed by atoms with van der Waals surface area (Å²) in [4.78, 5) is 13.9.